The van der Waals surface area contributed by atoms with E-state index in [0.29, 0.717) is 17.7 Å². The minimum absolute atomic E-state index is 0.0438. The van der Waals surface area contributed by atoms with E-state index >= 15 is 0 Å². The molecule has 1 fully saturated rings. The molecule has 2 atom stereocenters. The minimum atomic E-state index is -1.52. The van der Waals surface area contributed by atoms with Crippen LogP contribution in [0, 0.1) is 0 Å². The number of carbonyl (C=O) groups excluding carboxylic acids is 4. The summed E-state index contributed by atoms with van der Waals surface area (Å²) in [5.74, 6) is -3.32. The fourth-order valence-electron chi connectivity index (χ4n) is 3.64. The molecule has 4 heterocycles. The van der Waals surface area contributed by atoms with Gasteiger partial charge in [-0.1, -0.05) is 11.2 Å². The molecule has 2 aromatic rings. The van der Waals surface area contributed by atoms with Crippen molar-refractivity contribution in [2.45, 2.75) is 18.0 Å². The van der Waals surface area contributed by atoms with E-state index in [1.807, 2.05) is 0 Å². The second-order valence-electron chi connectivity index (χ2n) is 7.59. The lowest BCUT2D eigenvalue weighted by molar-refractivity contribution is -0.687. The number of hydrogen-bond donors (Lipinski definition) is 4. The number of amides is 3. The number of pyridine rings is 1. The highest BCUT2D eigenvalue weighted by atomic mass is 32.2. The summed E-state index contributed by atoms with van der Waals surface area (Å²) in [5, 5.41) is 27.5. The Morgan fingerprint density at radius 3 is 2.67 bits per heavy atom. The Hall–Kier alpha value is -4.24. The standard InChI is InChI=1S/C21H19N7O6S2/c22-16(29)10-3-6-27(7-4-10)5-1-2-11-8-35-19-14(18(31)28(19)15(11)20(32)33)25-17(30)13(26-34)12-9-36-21(23)24-12/h1-4,6-7,9,14,19H,5,8H2,(H6-,22,23,24,25,29,30,32,33,34)/b2-1+/t14-,19-/m1/s1. The summed E-state index contributed by atoms with van der Waals surface area (Å²) >= 11 is 2.31. The maximum absolute atomic E-state index is 12.8. The molecule has 0 radical (unpaired) electrons. The highest BCUT2D eigenvalue weighted by Crippen LogP contribution is 2.40. The summed E-state index contributed by atoms with van der Waals surface area (Å²) < 4.78 is 1.75. The molecule has 2 aromatic heterocycles. The maximum Gasteiger partial charge on any atom is 0.276 e. The molecule has 3 amide bonds. The van der Waals surface area contributed by atoms with Gasteiger partial charge in [-0.15, -0.1) is 23.1 Å². The van der Waals surface area contributed by atoms with Gasteiger partial charge in [-0.25, -0.2) is 9.55 Å². The van der Waals surface area contributed by atoms with Crippen LogP contribution in [-0.4, -0.2) is 61.7 Å². The van der Waals surface area contributed by atoms with Crippen LogP contribution in [0.1, 0.15) is 16.1 Å². The van der Waals surface area contributed by atoms with Crippen LogP contribution < -0.4 is 26.5 Å². The Bertz CT molecular complexity index is 1330. The van der Waals surface area contributed by atoms with Crippen molar-refractivity contribution >= 4 is 57.6 Å². The van der Waals surface area contributed by atoms with Crippen molar-refractivity contribution in [3.8, 4) is 0 Å². The molecule has 0 spiro atoms. The van der Waals surface area contributed by atoms with E-state index < -0.39 is 40.8 Å². The van der Waals surface area contributed by atoms with E-state index in [2.05, 4.69) is 15.5 Å². The number of thioether (sulfide) groups is 1. The number of carbonyl (C=O) groups is 4. The van der Waals surface area contributed by atoms with E-state index in [-0.39, 0.29) is 22.3 Å². The first-order chi connectivity index (χ1) is 17.2. The van der Waals surface area contributed by atoms with Gasteiger partial charge >= 0.3 is 0 Å². The van der Waals surface area contributed by atoms with Crippen molar-refractivity contribution in [1.82, 2.24) is 15.2 Å². The third-order valence-electron chi connectivity index (χ3n) is 5.37. The first-order valence-corrected chi connectivity index (χ1v) is 12.2. The number of fused-ring (bicyclic) bond motifs is 1. The molecular formula is C21H19N7O6S2. The Morgan fingerprint density at radius 1 is 1.36 bits per heavy atom. The van der Waals surface area contributed by atoms with Crippen LogP contribution in [0.3, 0.4) is 0 Å². The number of nitrogens with zero attached hydrogens (tertiary/aromatic N) is 4. The fraction of sp³-hybridized carbons (Fsp3) is 0.190. The number of carboxylic acids is 1. The van der Waals surface area contributed by atoms with Gasteiger partial charge in [0.15, 0.2) is 29.8 Å². The number of carboxylic acid groups (broad SMARTS) is 1. The number of rotatable bonds is 8. The average molecular weight is 530 g/mol. The Labute approximate surface area is 211 Å². The highest BCUT2D eigenvalue weighted by Gasteiger charge is 2.53. The highest BCUT2D eigenvalue weighted by molar-refractivity contribution is 8.00. The molecule has 0 unspecified atom stereocenters. The van der Waals surface area contributed by atoms with Crippen molar-refractivity contribution in [3.05, 3.63) is 64.6 Å². The molecule has 186 valence electrons. The van der Waals surface area contributed by atoms with Gasteiger partial charge < -0.3 is 31.9 Å². The minimum Gasteiger partial charge on any atom is -0.543 e. The molecule has 15 heteroatoms. The van der Waals surface area contributed by atoms with Crippen molar-refractivity contribution < 1.29 is 34.1 Å². The molecule has 13 nitrogen and oxygen atoms in total. The summed E-state index contributed by atoms with van der Waals surface area (Å²) in [6, 6.07) is 2.09. The number of oxime groups is 1. The van der Waals surface area contributed by atoms with Crippen LogP contribution in [0.25, 0.3) is 0 Å². The van der Waals surface area contributed by atoms with Gasteiger partial charge in [0.2, 0.25) is 5.91 Å². The van der Waals surface area contributed by atoms with Crippen LogP contribution >= 0.6 is 23.1 Å². The summed E-state index contributed by atoms with van der Waals surface area (Å²) in [7, 11) is 0. The zero-order chi connectivity index (χ0) is 26.0. The summed E-state index contributed by atoms with van der Waals surface area (Å²) in [5.41, 5.74) is 10.8. The zero-order valence-electron chi connectivity index (χ0n) is 18.4. The molecule has 0 saturated carbocycles. The van der Waals surface area contributed by atoms with E-state index in [1.165, 1.54) is 17.1 Å². The second-order valence-corrected chi connectivity index (χ2v) is 9.59. The first kappa shape index (κ1) is 24.9. The number of aliphatic carboxylic acids is 1. The smallest absolute Gasteiger partial charge is 0.276 e. The van der Waals surface area contributed by atoms with Crippen molar-refractivity contribution in [1.29, 1.82) is 0 Å². The van der Waals surface area contributed by atoms with Crippen molar-refractivity contribution in [3.63, 3.8) is 0 Å². The van der Waals surface area contributed by atoms with E-state index in [0.717, 1.165) is 16.2 Å². The molecule has 36 heavy (non-hydrogen) atoms. The summed E-state index contributed by atoms with van der Waals surface area (Å²) in [4.78, 5) is 53.4. The lowest BCUT2D eigenvalue weighted by atomic mass is 10.0. The molecule has 0 aliphatic carbocycles. The monoisotopic (exact) mass is 529 g/mol. The van der Waals surface area contributed by atoms with Gasteiger partial charge in [0.05, 0.1) is 17.2 Å². The number of nitrogens with two attached hydrogens (primary N) is 2. The average Bonchev–Trinajstić information content (AvgIpc) is 3.28. The topological polar surface area (TPSA) is 208 Å². The van der Waals surface area contributed by atoms with Gasteiger partial charge in [-0.2, -0.15) is 0 Å². The lowest BCUT2D eigenvalue weighted by Crippen LogP contribution is -2.71. The number of β-lactam (4-membered cyclic amide) rings is 1. The molecule has 1 saturated heterocycles. The van der Waals surface area contributed by atoms with E-state index in [4.69, 9.17) is 11.5 Å². The number of nitrogen functional groups attached to an aromatic ring is 1. The molecule has 0 aromatic carbocycles. The Kier molecular flexibility index (Phi) is 7.03. The van der Waals surface area contributed by atoms with Crippen LogP contribution in [0.5, 0.6) is 0 Å². The third-order valence-corrected chi connectivity index (χ3v) is 7.34. The molecule has 2 aliphatic rings. The molecular weight excluding hydrogens is 510 g/mol. The summed E-state index contributed by atoms with van der Waals surface area (Å²) in [6.45, 7) is 0.369. The SMILES string of the molecule is NC(=O)c1cc[n+](C/C=C/C2=C(C(=O)[O-])N3C(=O)[C@@H](NC(=O)/C(=N\O)c4csc(N)n4)[C@H]3SC2)cc1. The van der Waals surface area contributed by atoms with E-state index in [1.54, 1.807) is 41.2 Å². The number of hydrogen-bond acceptors (Lipinski definition) is 11. The number of allylic oxidation sites excluding steroid dienone is 2. The Morgan fingerprint density at radius 2 is 2.08 bits per heavy atom. The fourth-order valence-corrected chi connectivity index (χ4v) is 5.51. The Balaban J connectivity index is 1.46. The van der Waals surface area contributed by atoms with Gasteiger partial charge in [-0.05, 0) is 11.6 Å². The number of primary amides is 1. The maximum atomic E-state index is 12.8. The molecule has 0 bridgehead atoms. The van der Waals surface area contributed by atoms with Crippen molar-refractivity contribution in [2.75, 3.05) is 11.5 Å². The molecule has 2 aliphatic heterocycles. The zero-order valence-corrected chi connectivity index (χ0v) is 20.0. The first-order valence-electron chi connectivity index (χ1n) is 10.3. The molecule has 6 N–H and O–H groups in total. The van der Waals surface area contributed by atoms with Gasteiger partial charge in [0, 0.05) is 23.3 Å². The summed E-state index contributed by atoms with van der Waals surface area (Å²) in [6.07, 6.45) is 6.60. The predicted octanol–water partition coefficient (Wildman–Crippen LogP) is -2.05. The lowest BCUT2D eigenvalue weighted by Gasteiger charge is -2.50. The van der Waals surface area contributed by atoms with Gasteiger partial charge in [-0.3, -0.25) is 19.3 Å². The van der Waals surface area contributed by atoms with Gasteiger partial charge in [0.1, 0.15) is 17.1 Å². The number of anilines is 1. The normalized spacial score (nSPS) is 19.7. The molecule has 4 rings (SSSR count). The quantitative estimate of drug-likeness (QED) is 0.0974. The number of aromatic nitrogens is 2. The third kappa shape index (κ3) is 4.78. The van der Waals surface area contributed by atoms with Crippen LogP contribution in [0.2, 0.25) is 0 Å². The largest absolute Gasteiger partial charge is 0.543 e. The predicted molar refractivity (Wildman–Crippen MR) is 126 cm³/mol. The second kappa shape index (κ2) is 10.2. The van der Waals surface area contributed by atoms with Crippen LogP contribution in [-0.2, 0) is 20.9 Å². The number of nitrogens with one attached hydrogen (secondary N) is 1. The van der Waals surface area contributed by atoms with E-state index in [9.17, 15) is 29.5 Å². The van der Waals surface area contributed by atoms with Gasteiger partial charge in [0.25, 0.3) is 11.8 Å². The van der Waals surface area contributed by atoms with Crippen molar-refractivity contribution in [2.24, 2.45) is 10.9 Å². The number of thiazole rings is 1. The van der Waals surface area contributed by atoms with Crippen LogP contribution in [0.15, 0.2) is 58.5 Å². The van der Waals surface area contributed by atoms with Crippen LogP contribution in [0.4, 0.5) is 5.13 Å².